The fourth-order valence-electron chi connectivity index (χ4n) is 1.96. The van der Waals surface area contributed by atoms with Crippen LogP contribution in [0.5, 0.6) is 5.75 Å². The highest BCUT2D eigenvalue weighted by Gasteiger charge is 2.15. The normalized spacial score (nSPS) is 11.8. The summed E-state index contributed by atoms with van der Waals surface area (Å²) in [4.78, 5) is 12.3. The second-order valence-electron chi connectivity index (χ2n) is 4.59. The Morgan fingerprint density at radius 1 is 1.24 bits per heavy atom. The van der Waals surface area contributed by atoms with Gasteiger partial charge in [-0.2, -0.15) is 0 Å². The van der Waals surface area contributed by atoms with Crippen molar-refractivity contribution in [3.63, 3.8) is 0 Å². The predicted octanol–water partition coefficient (Wildman–Crippen LogP) is 4.09. The number of benzene rings is 2. The smallest absolute Gasteiger partial charge is 0.255 e. The van der Waals surface area contributed by atoms with E-state index in [4.69, 9.17) is 4.74 Å². The van der Waals surface area contributed by atoms with Crippen molar-refractivity contribution >= 4 is 21.8 Å². The summed E-state index contributed by atoms with van der Waals surface area (Å²) in [5, 5.41) is 2.87. The molecule has 0 saturated heterocycles. The van der Waals surface area contributed by atoms with Crippen LogP contribution in [0.2, 0.25) is 0 Å². The lowest BCUT2D eigenvalue weighted by molar-refractivity contribution is 0.0937. The first kappa shape index (κ1) is 15.5. The Labute approximate surface area is 131 Å². The van der Waals surface area contributed by atoms with E-state index in [-0.39, 0.29) is 17.8 Å². The molecule has 2 aromatic rings. The molecule has 0 aromatic heterocycles. The first-order valence-electron chi connectivity index (χ1n) is 6.41. The van der Waals surface area contributed by atoms with Crippen molar-refractivity contribution in [2.45, 2.75) is 13.0 Å². The monoisotopic (exact) mass is 351 g/mol. The third-order valence-electron chi connectivity index (χ3n) is 3.13. The highest BCUT2D eigenvalue weighted by molar-refractivity contribution is 9.10. The molecule has 2 aromatic carbocycles. The third kappa shape index (κ3) is 3.82. The van der Waals surface area contributed by atoms with Crippen molar-refractivity contribution in [1.82, 2.24) is 5.32 Å². The van der Waals surface area contributed by atoms with Gasteiger partial charge >= 0.3 is 0 Å². The Morgan fingerprint density at radius 2 is 1.90 bits per heavy atom. The summed E-state index contributed by atoms with van der Waals surface area (Å²) < 4.78 is 19.0. The van der Waals surface area contributed by atoms with Crippen LogP contribution in [-0.2, 0) is 0 Å². The summed E-state index contributed by atoms with van der Waals surface area (Å²) in [6.45, 7) is 1.84. The van der Waals surface area contributed by atoms with Crippen LogP contribution in [-0.4, -0.2) is 13.0 Å². The molecule has 2 rings (SSSR count). The number of hydrogen-bond acceptors (Lipinski definition) is 2. The Kier molecular flexibility index (Phi) is 4.96. The molecule has 0 radical (unpaired) electrons. The number of rotatable bonds is 4. The molecule has 110 valence electrons. The van der Waals surface area contributed by atoms with Crippen molar-refractivity contribution in [3.05, 3.63) is 63.9 Å². The number of carbonyl (C=O) groups is 1. The zero-order chi connectivity index (χ0) is 15.4. The van der Waals surface area contributed by atoms with E-state index in [9.17, 15) is 9.18 Å². The summed E-state index contributed by atoms with van der Waals surface area (Å²) in [5.41, 5.74) is 1.29. The number of hydrogen-bond donors (Lipinski definition) is 1. The maximum absolute atomic E-state index is 12.9. The topological polar surface area (TPSA) is 38.3 Å². The first-order chi connectivity index (χ1) is 10.0. The summed E-state index contributed by atoms with van der Waals surface area (Å²) in [6.07, 6.45) is 0. The van der Waals surface area contributed by atoms with E-state index < -0.39 is 0 Å². The van der Waals surface area contributed by atoms with Gasteiger partial charge in [0, 0.05) is 4.47 Å². The largest absolute Gasteiger partial charge is 0.496 e. The Balaban J connectivity index is 2.16. The predicted molar refractivity (Wildman–Crippen MR) is 83.0 cm³/mol. The number of methoxy groups -OCH3 is 1. The van der Waals surface area contributed by atoms with Crippen molar-refractivity contribution in [3.8, 4) is 5.75 Å². The second-order valence-corrected chi connectivity index (χ2v) is 5.51. The SMILES string of the molecule is COc1cc(Br)ccc1C(=O)NC(C)c1ccc(F)cc1. The summed E-state index contributed by atoms with van der Waals surface area (Å²) >= 11 is 3.33. The van der Waals surface area contributed by atoms with Crippen molar-refractivity contribution < 1.29 is 13.9 Å². The van der Waals surface area contributed by atoms with Gasteiger partial charge in [-0.3, -0.25) is 4.79 Å². The molecule has 1 N–H and O–H groups in total. The minimum atomic E-state index is -0.299. The zero-order valence-electron chi connectivity index (χ0n) is 11.7. The van der Waals surface area contributed by atoms with Gasteiger partial charge in [-0.1, -0.05) is 28.1 Å². The van der Waals surface area contributed by atoms with Crippen molar-refractivity contribution in [1.29, 1.82) is 0 Å². The number of halogens is 2. The Morgan fingerprint density at radius 3 is 2.52 bits per heavy atom. The standard InChI is InChI=1S/C16H15BrFNO2/c1-10(11-3-6-13(18)7-4-11)19-16(20)14-8-5-12(17)9-15(14)21-2/h3-10H,1-2H3,(H,19,20). The summed E-state index contributed by atoms with van der Waals surface area (Å²) in [5.74, 6) is -0.0452. The minimum absolute atomic E-state index is 0.230. The van der Waals surface area contributed by atoms with Crippen LogP contribution in [0.15, 0.2) is 46.9 Å². The minimum Gasteiger partial charge on any atom is -0.496 e. The van der Waals surface area contributed by atoms with Crippen molar-refractivity contribution in [2.75, 3.05) is 7.11 Å². The molecule has 5 heteroatoms. The quantitative estimate of drug-likeness (QED) is 0.900. The van der Waals surface area contributed by atoms with E-state index >= 15 is 0 Å². The molecule has 3 nitrogen and oxygen atoms in total. The molecule has 0 bridgehead atoms. The number of nitrogens with one attached hydrogen (secondary N) is 1. The number of amides is 1. The highest BCUT2D eigenvalue weighted by Crippen LogP contribution is 2.24. The molecule has 0 heterocycles. The fraction of sp³-hybridized carbons (Fsp3) is 0.188. The average molecular weight is 352 g/mol. The lowest BCUT2D eigenvalue weighted by Gasteiger charge is -2.16. The molecule has 21 heavy (non-hydrogen) atoms. The van der Waals surface area contributed by atoms with Gasteiger partial charge in [0.05, 0.1) is 18.7 Å². The van der Waals surface area contributed by atoms with Gasteiger partial charge in [-0.25, -0.2) is 4.39 Å². The van der Waals surface area contributed by atoms with Gasteiger partial charge in [0.1, 0.15) is 11.6 Å². The maximum atomic E-state index is 12.9. The van der Waals surface area contributed by atoms with E-state index in [1.807, 2.05) is 6.92 Å². The molecule has 0 fully saturated rings. The van der Waals surface area contributed by atoms with Gasteiger partial charge < -0.3 is 10.1 Å². The number of ether oxygens (including phenoxy) is 1. The van der Waals surface area contributed by atoms with Crippen LogP contribution in [0, 0.1) is 5.82 Å². The van der Waals surface area contributed by atoms with E-state index in [1.165, 1.54) is 19.2 Å². The van der Waals surface area contributed by atoms with Gasteiger partial charge in [0.25, 0.3) is 5.91 Å². The molecule has 0 aliphatic rings. The Bertz CT molecular complexity index is 643. The lowest BCUT2D eigenvalue weighted by atomic mass is 10.1. The fourth-order valence-corrected chi connectivity index (χ4v) is 2.30. The van der Waals surface area contributed by atoms with Crippen molar-refractivity contribution in [2.24, 2.45) is 0 Å². The third-order valence-corrected chi connectivity index (χ3v) is 3.62. The molecule has 0 aliphatic carbocycles. The zero-order valence-corrected chi connectivity index (χ0v) is 13.3. The van der Waals surface area contributed by atoms with Crippen LogP contribution in [0.3, 0.4) is 0 Å². The van der Waals surface area contributed by atoms with E-state index in [2.05, 4.69) is 21.2 Å². The number of carbonyl (C=O) groups excluding carboxylic acids is 1. The van der Waals surface area contributed by atoms with Gasteiger partial charge in [0.15, 0.2) is 0 Å². The first-order valence-corrected chi connectivity index (χ1v) is 7.20. The van der Waals surface area contributed by atoms with Gasteiger partial charge in [0.2, 0.25) is 0 Å². The van der Waals surface area contributed by atoms with Gasteiger partial charge in [-0.15, -0.1) is 0 Å². The molecule has 1 amide bonds. The summed E-state index contributed by atoms with van der Waals surface area (Å²) in [6, 6.07) is 11.0. The lowest BCUT2D eigenvalue weighted by Crippen LogP contribution is -2.27. The molecule has 1 atom stereocenters. The van der Waals surface area contributed by atoms with Crippen LogP contribution >= 0.6 is 15.9 Å². The average Bonchev–Trinajstić information content (AvgIpc) is 2.47. The van der Waals surface area contributed by atoms with Gasteiger partial charge in [-0.05, 0) is 42.8 Å². The van der Waals surface area contributed by atoms with E-state index in [0.29, 0.717) is 11.3 Å². The van der Waals surface area contributed by atoms with Crippen LogP contribution in [0.25, 0.3) is 0 Å². The molecule has 0 aliphatic heterocycles. The maximum Gasteiger partial charge on any atom is 0.255 e. The van der Waals surface area contributed by atoms with Crippen LogP contribution in [0.4, 0.5) is 4.39 Å². The molecule has 1 unspecified atom stereocenters. The summed E-state index contributed by atoms with van der Waals surface area (Å²) in [7, 11) is 1.52. The molecular weight excluding hydrogens is 337 g/mol. The van der Waals surface area contributed by atoms with E-state index in [1.54, 1.807) is 30.3 Å². The molecule has 0 saturated carbocycles. The van der Waals surface area contributed by atoms with Crippen LogP contribution < -0.4 is 10.1 Å². The highest BCUT2D eigenvalue weighted by atomic mass is 79.9. The van der Waals surface area contributed by atoms with E-state index in [0.717, 1.165) is 10.0 Å². The Hall–Kier alpha value is -1.88. The molecular formula is C16H15BrFNO2. The second kappa shape index (κ2) is 6.72. The van der Waals surface area contributed by atoms with Crippen LogP contribution in [0.1, 0.15) is 28.9 Å². The molecule has 0 spiro atoms.